The van der Waals surface area contributed by atoms with Gasteiger partial charge in [-0.2, -0.15) is 0 Å². The first-order valence-electron chi connectivity index (χ1n) is 10.1. The van der Waals surface area contributed by atoms with Crippen molar-refractivity contribution in [1.82, 2.24) is 9.55 Å². The lowest BCUT2D eigenvalue weighted by atomic mass is 9.97. The molecule has 2 heterocycles. The number of rotatable bonds is 4. The van der Waals surface area contributed by atoms with Gasteiger partial charge in [-0.25, -0.2) is 4.98 Å². The molecule has 0 fully saturated rings. The molecule has 5 rings (SSSR count). The van der Waals surface area contributed by atoms with E-state index in [9.17, 15) is 4.79 Å². The SMILES string of the molecule is O=C(Nc1ccc(-c2ccccc2)cc1)C1CCc2cc(-n3ccnc3)ccc2N1. The molecule has 0 aliphatic carbocycles. The molecule has 1 aromatic heterocycles. The number of imidazole rings is 1. The van der Waals surface area contributed by atoms with Crippen molar-refractivity contribution in [2.75, 3.05) is 10.6 Å². The number of carbonyl (C=O) groups excluding carboxylic acids is 1. The molecule has 0 radical (unpaired) electrons. The summed E-state index contributed by atoms with van der Waals surface area (Å²) in [7, 11) is 0. The van der Waals surface area contributed by atoms with Crippen molar-refractivity contribution in [3.05, 3.63) is 97.1 Å². The van der Waals surface area contributed by atoms with E-state index >= 15 is 0 Å². The van der Waals surface area contributed by atoms with Gasteiger partial charge < -0.3 is 15.2 Å². The van der Waals surface area contributed by atoms with Crippen LogP contribution >= 0.6 is 0 Å². The zero-order chi connectivity index (χ0) is 20.3. The average Bonchev–Trinajstić information content (AvgIpc) is 3.34. The van der Waals surface area contributed by atoms with Crippen molar-refractivity contribution in [3.63, 3.8) is 0 Å². The van der Waals surface area contributed by atoms with Crippen molar-refractivity contribution < 1.29 is 4.79 Å². The monoisotopic (exact) mass is 394 g/mol. The number of amides is 1. The van der Waals surface area contributed by atoms with Crippen molar-refractivity contribution in [2.45, 2.75) is 18.9 Å². The molecule has 148 valence electrons. The van der Waals surface area contributed by atoms with E-state index in [1.54, 1.807) is 12.5 Å². The van der Waals surface area contributed by atoms with Crippen LogP contribution in [0.25, 0.3) is 16.8 Å². The fourth-order valence-electron chi connectivity index (χ4n) is 3.86. The lowest BCUT2D eigenvalue weighted by molar-refractivity contribution is -0.117. The summed E-state index contributed by atoms with van der Waals surface area (Å²) in [4.78, 5) is 16.9. The predicted octanol–water partition coefficient (Wildman–Crippen LogP) is 4.90. The van der Waals surface area contributed by atoms with Crippen LogP contribution in [0.2, 0.25) is 0 Å². The summed E-state index contributed by atoms with van der Waals surface area (Å²) < 4.78 is 1.98. The van der Waals surface area contributed by atoms with E-state index in [-0.39, 0.29) is 11.9 Å². The van der Waals surface area contributed by atoms with Crippen LogP contribution in [0.4, 0.5) is 11.4 Å². The molecular formula is C25H22N4O. The molecule has 0 saturated heterocycles. The summed E-state index contributed by atoms with van der Waals surface area (Å²) >= 11 is 0. The number of aromatic nitrogens is 2. The fraction of sp³-hybridized carbons (Fsp3) is 0.120. The molecule has 0 bridgehead atoms. The van der Waals surface area contributed by atoms with Crippen LogP contribution in [0.5, 0.6) is 0 Å². The molecule has 0 spiro atoms. The molecule has 1 aliphatic heterocycles. The maximum atomic E-state index is 12.8. The van der Waals surface area contributed by atoms with Crippen LogP contribution in [0, 0.1) is 0 Å². The minimum absolute atomic E-state index is 0.00760. The number of fused-ring (bicyclic) bond motifs is 1. The molecule has 30 heavy (non-hydrogen) atoms. The van der Waals surface area contributed by atoms with E-state index in [1.165, 1.54) is 5.56 Å². The van der Waals surface area contributed by atoms with E-state index in [0.717, 1.165) is 41.0 Å². The Kier molecular flexibility index (Phi) is 4.77. The quantitative estimate of drug-likeness (QED) is 0.517. The Labute approximate surface area is 175 Å². The Hall–Kier alpha value is -3.86. The van der Waals surface area contributed by atoms with Crippen LogP contribution in [0.1, 0.15) is 12.0 Å². The summed E-state index contributed by atoms with van der Waals surface area (Å²) in [6.07, 6.45) is 7.10. The van der Waals surface area contributed by atoms with Crippen LogP contribution < -0.4 is 10.6 Å². The van der Waals surface area contributed by atoms with E-state index in [1.807, 2.05) is 65.4 Å². The van der Waals surface area contributed by atoms with Crippen LogP contribution in [-0.4, -0.2) is 21.5 Å². The summed E-state index contributed by atoms with van der Waals surface area (Å²) in [6.45, 7) is 0. The molecule has 1 atom stereocenters. The van der Waals surface area contributed by atoms with Gasteiger partial charge in [-0.1, -0.05) is 42.5 Å². The summed E-state index contributed by atoms with van der Waals surface area (Å²) in [5.41, 5.74) is 6.42. The Balaban J connectivity index is 1.25. The van der Waals surface area contributed by atoms with Gasteiger partial charge in [0.05, 0.1) is 6.33 Å². The number of benzene rings is 3. The average molecular weight is 394 g/mol. The maximum absolute atomic E-state index is 12.8. The first kappa shape index (κ1) is 18.2. The van der Waals surface area contributed by atoms with Gasteiger partial charge in [0.2, 0.25) is 5.91 Å². The number of aryl methyl sites for hydroxylation is 1. The predicted molar refractivity (Wildman–Crippen MR) is 120 cm³/mol. The second kappa shape index (κ2) is 7.87. The Bertz CT molecular complexity index is 1150. The molecule has 1 aliphatic rings. The molecule has 1 unspecified atom stereocenters. The number of nitrogens with one attached hydrogen (secondary N) is 2. The van der Waals surface area contributed by atoms with Gasteiger partial charge in [0.15, 0.2) is 0 Å². The zero-order valence-corrected chi connectivity index (χ0v) is 16.5. The lowest BCUT2D eigenvalue weighted by Crippen LogP contribution is -2.37. The van der Waals surface area contributed by atoms with Gasteiger partial charge in [-0.3, -0.25) is 4.79 Å². The number of nitrogens with zero attached hydrogens (tertiary/aromatic N) is 2. The second-order valence-electron chi connectivity index (χ2n) is 7.48. The van der Waals surface area contributed by atoms with Gasteiger partial charge in [-0.05, 0) is 59.9 Å². The highest BCUT2D eigenvalue weighted by atomic mass is 16.2. The minimum Gasteiger partial charge on any atom is -0.373 e. The van der Waals surface area contributed by atoms with Crippen molar-refractivity contribution in [2.24, 2.45) is 0 Å². The topological polar surface area (TPSA) is 59.0 Å². The van der Waals surface area contributed by atoms with E-state index in [2.05, 4.69) is 33.8 Å². The van der Waals surface area contributed by atoms with E-state index in [0.29, 0.717) is 0 Å². The highest BCUT2D eigenvalue weighted by molar-refractivity contribution is 5.97. The first-order valence-corrected chi connectivity index (χ1v) is 10.1. The van der Waals surface area contributed by atoms with Crippen molar-refractivity contribution in [3.8, 4) is 16.8 Å². The standard InChI is InChI=1S/C25H22N4O/c30-25(27-21-9-6-19(7-10-21)18-4-2-1-3-5-18)24-12-8-20-16-22(11-13-23(20)28-24)29-15-14-26-17-29/h1-7,9-11,13-17,24,28H,8,12H2,(H,27,30). The van der Waals surface area contributed by atoms with Gasteiger partial charge in [0, 0.05) is 29.5 Å². The Morgan fingerprint density at radius 1 is 1.00 bits per heavy atom. The first-order chi connectivity index (χ1) is 14.8. The molecule has 1 amide bonds. The normalized spacial score (nSPS) is 15.1. The smallest absolute Gasteiger partial charge is 0.246 e. The summed E-state index contributed by atoms with van der Waals surface area (Å²) in [5, 5.41) is 6.43. The van der Waals surface area contributed by atoms with E-state index in [4.69, 9.17) is 0 Å². The highest BCUT2D eigenvalue weighted by Gasteiger charge is 2.24. The molecule has 3 aromatic carbocycles. The molecule has 5 heteroatoms. The molecule has 0 saturated carbocycles. The minimum atomic E-state index is -0.245. The molecule has 4 aromatic rings. The van der Waals surface area contributed by atoms with Gasteiger partial charge in [-0.15, -0.1) is 0 Å². The molecular weight excluding hydrogens is 372 g/mol. The van der Waals surface area contributed by atoms with E-state index < -0.39 is 0 Å². The molecule has 2 N–H and O–H groups in total. The van der Waals surface area contributed by atoms with Crippen LogP contribution in [-0.2, 0) is 11.2 Å². The van der Waals surface area contributed by atoms with Crippen molar-refractivity contribution >= 4 is 17.3 Å². The number of hydrogen-bond acceptors (Lipinski definition) is 3. The third kappa shape index (κ3) is 3.70. The van der Waals surface area contributed by atoms with Gasteiger partial charge in [0.25, 0.3) is 0 Å². The third-order valence-electron chi connectivity index (χ3n) is 5.50. The Morgan fingerprint density at radius 3 is 2.57 bits per heavy atom. The summed E-state index contributed by atoms with van der Waals surface area (Å²) in [6, 6.07) is 24.2. The number of carbonyl (C=O) groups is 1. The lowest BCUT2D eigenvalue weighted by Gasteiger charge is -2.26. The zero-order valence-electron chi connectivity index (χ0n) is 16.5. The van der Waals surface area contributed by atoms with Crippen LogP contribution in [0.15, 0.2) is 91.5 Å². The highest BCUT2D eigenvalue weighted by Crippen LogP contribution is 2.28. The number of anilines is 2. The summed E-state index contributed by atoms with van der Waals surface area (Å²) in [5.74, 6) is -0.00760. The fourth-order valence-corrected chi connectivity index (χ4v) is 3.86. The van der Waals surface area contributed by atoms with Crippen LogP contribution in [0.3, 0.4) is 0 Å². The van der Waals surface area contributed by atoms with Gasteiger partial charge in [0.1, 0.15) is 6.04 Å². The molecule has 5 nitrogen and oxygen atoms in total. The largest absolute Gasteiger partial charge is 0.373 e. The maximum Gasteiger partial charge on any atom is 0.246 e. The van der Waals surface area contributed by atoms with Crippen molar-refractivity contribution in [1.29, 1.82) is 0 Å². The number of hydrogen-bond donors (Lipinski definition) is 2. The van der Waals surface area contributed by atoms with Gasteiger partial charge >= 0.3 is 0 Å². The Morgan fingerprint density at radius 2 is 1.80 bits per heavy atom. The second-order valence-corrected chi connectivity index (χ2v) is 7.48. The third-order valence-corrected chi connectivity index (χ3v) is 5.50.